The van der Waals surface area contributed by atoms with E-state index in [0.717, 1.165) is 18.8 Å². The van der Waals surface area contributed by atoms with E-state index in [0.29, 0.717) is 0 Å². The molecule has 12 heavy (non-hydrogen) atoms. The lowest BCUT2D eigenvalue weighted by Gasteiger charge is -2.15. The summed E-state index contributed by atoms with van der Waals surface area (Å²) < 4.78 is 5.42. The number of fused-ring (bicyclic) bond motifs is 1. The first kappa shape index (κ1) is 8.67. The number of aryl methyl sites for hydroxylation is 1. The summed E-state index contributed by atoms with van der Waals surface area (Å²) in [6.07, 6.45) is 10.3. The van der Waals surface area contributed by atoms with Crippen molar-refractivity contribution in [2.24, 2.45) is 0 Å². The SMILES string of the molecule is C#C.c1ccc2c(c1)CCCO2. The third kappa shape index (κ3) is 1.79. The molecule has 0 saturated heterocycles. The van der Waals surface area contributed by atoms with Crippen LogP contribution in [0.25, 0.3) is 0 Å². The molecule has 1 aromatic rings. The monoisotopic (exact) mass is 160 g/mol. The summed E-state index contributed by atoms with van der Waals surface area (Å²) in [7, 11) is 0. The molecule has 0 atom stereocenters. The van der Waals surface area contributed by atoms with Crippen LogP contribution in [0, 0.1) is 12.8 Å². The van der Waals surface area contributed by atoms with Crippen LogP contribution >= 0.6 is 0 Å². The van der Waals surface area contributed by atoms with Crippen LogP contribution in [0.5, 0.6) is 5.75 Å². The predicted molar refractivity (Wildman–Crippen MR) is 50.1 cm³/mol. The van der Waals surface area contributed by atoms with Crippen LogP contribution in [0.3, 0.4) is 0 Å². The van der Waals surface area contributed by atoms with Gasteiger partial charge in [0.15, 0.2) is 0 Å². The number of hydrogen-bond acceptors (Lipinski definition) is 1. The molecule has 0 aromatic heterocycles. The molecule has 2 rings (SSSR count). The van der Waals surface area contributed by atoms with Gasteiger partial charge in [-0.15, -0.1) is 12.8 Å². The lowest BCUT2D eigenvalue weighted by Crippen LogP contribution is -2.07. The maximum atomic E-state index is 5.42. The first-order chi connectivity index (χ1) is 5.97. The molecule has 0 saturated carbocycles. The molecule has 0 aliphatic carbocycles. The van der Waals surface area contributed by atoms with Gasteiger partial charge in [-0.1, -0.05) is 18.2 Å². The van der Waals surface area contributed by atoms with Gasteiger partial charge in [-0.05, 0) is 24.5 Å². The predicted octanol–water partition coefficient (Wildman–Crippen LogP) is 2.26. The standard InChI is InChI=1S/C9H10O.C2H2/c1-2-6-9-8(4-1)5-3-7-10-9;1-2/h1-2,4,6H,3,5,7H2;1-2H. The van der Waals surface area contributed by atoms with Crippen LogP contribution in [-0.2, 0) is 6.42 Å². The molecule has 1 nitrogen and oxygen atoms in total. The van der Waals surface area contributed by atoms with Crippen molar-refractivity contribution in [1.29, 1.82) is 0 Å². The second-order valence-corrected chi connectivity index (χ2v) is 2.56. The van der Waals surface area contributed by atoms with Crippen LogP contribution in [0.2, 0.25) is 0 Å². The summed E-state index contributed by atoms with van der Waals surface area (Å²) in [6, 6.07) is 8.25. The second-order valence-electron chi connectivity index (χ2n) is 2.56. The van der Waals surface area contributed by atoms with E-state index >= 15 is 0 Å². The van der Waals surface area contributed by atoms with Crippen molar-refractivity contribution < 1.29 is 4.74 Å². The van der Waals surface area contributed by atoms with Crippen molar-refractivity contribution in [2.75, 3.05) is 6.61 Å². The third-order valence-electron chi connectivity index (χ3n) is 1.82. The van der Waals surface area contributed by atoms with Gasteiger partial charge in [0.1, 0.15) is 5.75 Å². The van der Waals surface area contributed by atoms with Gasteiger partial charge in [0.25, 0.3) is 0 Å². The number of hydrogen-bond donors (Lipinski definition) is 0. The van der Waals surface area contributed by atoms with Crippen molar-refractivity contribution in [1.82, 2.24) is 0 Å². The second kappa shape index (κ2) is 4.46. The summed E-state index contributed by atoms with van der Waals surface area (Å²) in [5.74, 6) is 1.08. The molecule has 0 fully saturated rings. The highest BCUT2D eigenvalue weighted by atomic mass is 16.5. The summed E-state index contributed by atoms with van der Waals surface area (Å²) in [6.45, 7) is 0.886. The molecule has 1 aromatic carbocycles. The number of rotatable bonds is 0. The van der Waals surface area contributed by atoms with Gasteiger partial charge in [0, 0.05) is 0 Å². The normalized spacial score (nSPS) is 13.2. The van der Waals surface area contributed by atoms with E-state index in [4.69, 9.17) is 4.74 Å². The minimum Gasteiger partial charge on any atom is -0.493 e. The molecule has 0 N–H and O–H groups in total. The quantitative estimate of drug-likeness (QED) is 0.529. The van der Waals surface area contributed by atoms with Crippen molar-refractivity contribution >= 4 is 0 Å². The molecule has 0 bridgehead atoms. The van der Waals surface area contributed by atoms with Crippen molar-refractivity contribution in [2.45, 2.75) is 12.8 Å². The fourth-order valence-electron chi connectivity index (χ4n) is 1.30. The van der Waals surface area contributed by atoms with Crippen LogP contribution in [0.4, 0.5) is 0 Å². The maximum absolute atomic E-state index is 5.42. The average Bonchev–Trinajstić information content (AvgIpc) is 2.21. The molecule has 1 aliphatic rings. The topological polar surface area (TPSA) is 9.23 Å². The molecular weight excluding hydrogens is 148 g/mol. The van der Waals surface area contributed by atoms with Crippen molar-refractivity contribution in [3.05, 3.63) is 29.8 Å². The Balaban J connectivity index is 0.000000336. The summed E-state index contributed by atoms with van der Waals surface area (Å²) in [5, 5.41) is 0. The van der Waals surface area contributed by atoms with E-state index in [1.54, 1.807) is 0 Å². The van der Waals surface area contributed by atoms with Gasteiger partial charge in [-0.25, -0.2) is 0 Å². The molecule has 0 spiro atoms. The lowest BCUT2D eigenvalue weighted by atomic mass is 10.1. The Hall–Kier alpha value is -1.42. The van der Waals surface area contributed by atoms with Gasteiger partial charge in [0.2, 0.25) is 0 Å². The van der Waals surface area contributed by atoms with E-state index in [1.165, 1.54) is 12.0 Å². The first-order valence-electron chi connectivity index (χ1n) is 4.01. The third-order valence-corrected chi connectivity index (χ3v) is 1.82. The highest BCUT2D eigenvalue weighted by Crippen LogP contribution is 2.22. The Morgan fingerprint density at radius 1 is 1.17 bits per heavy atom. The molecule has 0 radical (unpaired) electrons. The molecule has 1 heterocycles. The highest BCUT2D eigenvalue weighted by Gasteiger charge is 2.06. The Labute approximate surface area is 73.4 Å². The minimum atomic E-state index is 0.886. The van der Waals surface area contributed by atoms with E-state index in [-0.39, 0.29) is 0 Å². The Kier molecular flexibility index (Phi) is 3.22. The molecule has 0 unspecified atom stereocenters. The largest absolute Gasteiger partial charge is 0.493 e. The highest BCUT2D eigenvalue weighted by molar-refractivity contribution is 5.34. The number of ether oxygens (including phenoxy) is 1. The smallest absolute Gasteiger partial charge is 0.122 e. The molecule has 62 valence electrons. The van der Waals surface area contributed by atoms with Gasteiger partial charge < -0.3 is 4.74 Å². The summed E-state index contributed by atoms with van der Waals surface area (Å²) in [5.41, 5.74) is 1.36. The fourth-order valence-corrected chi connectivity index (χ4v) is 1.30. The van der Waals surface area contributed by atoms with Gasteiger partial charge in [0.05, 0.1) is 6.61 Å². The zero-order valence-electron chi connectivity index (χ0n) is 6.99. The van der Waals surface area contributed by atoms with Crippen molar-refractivity contribution in [3.8, 4) is 18.6 Å². The van der Waals surface area contributed by atoms with E-state index < -0.39 is 0 Å². The van der Waals surface area contributed by atoms with Crippen LogP contribution in [-0.4, -0.2) is 6.61 Å². The van der Waals surface area contributed by atoms with Crippen molar-refractivity contribution in [3.63, 3.8) is 0 Å². The maximum Gasteiger partial charge on any atom is 0.122 e. The Bertz CT molecular complexity index is 238. The molecule has 1 aliphatic heterocycles. The summed E-state index contributed by atoms with van der Waals surface area (Å²) in [4.78, 5) is 0. The lowest BCUT2D eigenvalue weighted by molar-refractivity contribution is 0.288. The number of para-hydroxylation sites is 1. The van der Waals surface area contributed by atoms with Crippen LogP contribution in [0.15, 0.2) is 24.3 Å². The first-order valence-corrected chi connectivity index (χ1v) is 4.01. The number of benzene rings is 1. The average molecular weight is 160 g/mol. The van der Waals surface area contributed by atoms with Crippen LogP contribution in [0.1, 0.15) is 12.0 Å². The van der Waals surface area contributed by atoms with E-state index in [1.807, 2.05) is 12.1 Å². The summed E-state index contributed by atoms with van der Waals surface area (Å²) >= 11 is 0. The van der Waals surface area contributed by atoms with Gasteiger partial charge in [-0.3, -0.25) is 0 Å². The zero-order chi connectivity index (χ0) is 8.81. The van der Waals surface area contributed by atoms with E-state index in [2.05, 4.69) is 25.0 Å². The Morgan fingerprint density at radius 3 is 2.67 bits per heavy atom. The molecule has 0 amide bonds. The zero-order valence-corrected chi connectivity index (χ0v) is 6.99. The molecule has 1 heteroatoms. The van der Waals surface area contributed by atoms with Gasteiger partial charge in [-0.2, -0.15) is 0 Å². The van der Waals surface area contributed by atoms with E-state index in [9.17, 15) is 0 Å². The Morgan fingerprint density at radius 2 is 1.92 bits per heavy atom. The minimum absolute atomic E-state index is 0.886. The molecular formula is C11H12O. The number of terminal acetylenes is 1. The fraction of sp³-hybridized carbons (Fsp3) is 0.273. The van der Waals surface area contributed by atoms with Gasteiger partial charge >= 0.3 is 0 Å². The van der Waals surface area contributed by atoms with Crippen LogP contribution < -0.4 is 4.74 Å².